The molecule has 17 heavy (non-hydrogen) atoms. The summed E-state index contributed by atoms with van der Waals surface area (Å²) in [6.45, 7) is 8.99. The largest absolute Gasteiger partial charge is 0.308 e. The van der Waals surface area contributed by atoms with E-state index in [-0.39, 0.29) is 0 Å². The Morgan fingerprint density at radius 2 is 1.82 bits per heavy atom. The Balaban J connectivity index is 2.45. The Labute approximate surface area is 111 Å². The molecule has 1 nitrogen and oxygen atoms in total. The number of halogens is 1. The summed E-state index contributed by atoms with van der Waals surface area (Å²) in [6.07, 6.45) is 2.50. The van der Waals surface area contributed by atoms with Crippen LogP contribution in [0.2, 0.25) is 5.02 Å². The highest BCUT2D eigenvalue weighted by atomic mass is 35.5. The van der Waals surface area contributed by atoms with Gasteiger partial charge >= 0.3 is 0 Å². The van der Waals surface area contributed by atoms with Crippen molar-refractivity contribution in [1.29, 1.82) is 0 Å². The van der Waals surface area contributed by atoms with E-state index in [1.165, 1.54) is 18.4 Å². The molecule has 0 heterocycles. The smallest absolute Gasteiger partial charge is 0.0409 e. The number of nitrogens with one attached hydrogen (secondary N) is 1. The van der Waals surface area contributed by atoms with Crippen molar-refractivity contribution in [3.63, 3.8) is 0 Å². The third-order valence-corrected chi connectivity index (χ3v) is 3.30. The monoisotopic (exact) mass is 253 g/mol. The Morgan fingerprint density at radius 3 is 2.41 bits per heavy atom. The molecule has 96 valence electrons. The first-order chi connectivity index (χ1) is 7.99. The minimum atomic E-state index is 0.357. The Kier molecular flexibility index (Phi) is 6.01. The van der Waals surface area contributed by atoms with E-state index < -0.39 is 0 Å². The van der Waals surface area contributed by atoms with Gasteiger partial charge in [-0.15, -0.1) is 0 Å². The maximum atomic E-state index is 6.00. The van der Waals surface area contributed by atoms with E-state index in [4.69, 9.17) is 11.6 Å². The number of hydrogen-bond acceptors (Lipinski definition) is 1. The fourth-order valence-electron chi connectivity index (χ4n) is 1.97. The van der Waals surface area contributed by atoms with Crippen LogP contribution >= 0.6 is 11.6 Å². The van der Waals surface area contributed by atoms with Crippen molar-refractivity contribution in [2.75, 3.05) is 0 Å². The first kappa shape index (κ1) is 14.5. The van der Waals surface area contributed by atoms with Crippen LogP contribution in [0, 0.1) is 5.92 Å². The molecule has 0 saturated heterocycles. The summed E-state index contributed by atoms with van der Waals surface area (Å²) in [5.74, 6) is 0.778. The normalized spacial score (nSPS) is 14.9. The van der Waals surface area contributed by atoms with Gasteiger partial charge in [0.1, 0.15) is 0 Å². The minimum absolute atomic E-state index is 0.357. The standard InChI is InChI=1S/C15H24ClN/c1-11(2)8-9-12(3)17-13(4)14-6-5-7-15(16)10-14/h5-7,10-13,17H,8-9H2,1-4H3. The molecule has 0 bridgehead atoms. The second-order valence-electron chi connectivity index (χ2n) is 5.32. The predicted octanol–water partition coefficient (Wildman–Crippen LogP) is 4.82. The third-order valence-electron chi connectivity index (χ3n) is 3.06. The van der Waals surface area contributed by atoms with Crippen LogP contribution in [0.15, 0.2) is 24.3 Å². The third kappa shape index (κ3) is 5.56. The van der Waals surface area contributed by atoms with Gasteiger partial charge in [-0.2, -0.15) is 0 Å². The van der Waals surface area contributed by atoms with Gasteiger partial charge in [0.15, 0.2) is 0 Å². The fourth-order valence-corrected chi connectivity index (χ4v) is 2.16. The first-order valence-electron chi connectivity index (χ1n) is 6.50. The van der Waals surface area contributed by atoms with E-state index in [0.29, 0.717) is 12.1 Å². The van der Waals surface area contributed by atoms with Gasteiger partial charge in [-0.05, 0) is 50.3 Å². The molecule has 0 fully saturated rings. The van der Waals surface area contributed by atoms with E-state index in [1.807, 2.05) is 18.2 Å². The van der Waals surface area contributed by atoms with Crippen molar-refractivity contribution in [1.82, 2.24) is 5.32 Å². The second-order valence-corrected chi connectivity index (χ2v) is 5.75. The predicted molar refractivity (Wildman–Crippen MR) is 76.5 cm³/mol. The van der Waals surface area contributed by atoms with Crippen LogP contribution in [-0.4, -0.2) is 6.04 Å². The zero-order valence-electron chi connectivity index (χ0n) is 11.3. The molecule has 0 saturated carbocycles. The van der Waals surface area contributed by atoms with E-state index in [2.05, 4.69) is 39.1 Å². The molecular formula is C15H24ClN. The minimum Gasteiger partial charge on any atom is -0.308 e. The van der Waals surface area contributed by atoms with Crippen LogP contribution in [0.4, 0.5) is 0 Å². The molecular weight excluding hydrogens is 230 g/mol. The molecule has 2 atom stereocenters. The Morgan fingerprint density at radius 1 is 1.12 bits per heavy atom. The van der Waals surface area contributed by atoms with Gasteiger partial charge in [0, 0.05) is 17.1 Å². The average Bonchev–Trinajstić information content (AvgIpc) is 2.26. The van der Waals surface area contributed by atoms with Crippen molar-refractivity contribution in [2.45, 2.75) is 52.6 Å². The van der Waals surface area contributed by atoms with Crippen molar-refractivity contribution >= 4 is 11.6 Å². The quantitative estimate of drug-likeness (QED) is 0.767. The molecule has 0 radical (unpaired) electrons. The highest BCUT2D eigenvalue weighted by Crippen LogP contribution is 2.18. The zero-order valence-corrected chi connectivity index (χ0v) is 12.1. The summed E-state index contributed by atoms with van der Waals surface area (Å²) in [6, 6.07) is 8.99. The summed E-state index contributed by atoms with van der Waals surface area (Å²) >= 11 is 6.00. The fraction of sp³-hybridized carbons (Fsp3) is 0.600. The summed E-state index contributed by atoms with van der Waals surface area (Å²) < 4.78 is 0. The van der Waals surface area contributed by atoms with Crippen LogP contribution in [0.5, 0.6) is 0 Å². The second kappa shape index (κ2) is 7.03. The number of hydrogen-bond donors (Lipinski definition) is 1. The lowest BCUT2D eigenvalue weighted by molar-refractivity contribution is 0.417. The maximum Gasteiger partial charge on any atom is 0.0409 e. The molecule has 0 spiro atoms. The van der Waals surface area contributed by atoms with Gasteiger partial charge < -0.3 is 5.32 Å². The van der Waals surface area contributed by atoms with Crippen LogP contribution in [0.25, 0.3) is 0 Å². The van der Waals surface area contributed by atoms with Crippen LogP contribution in [-0.2, 0) is 0 Å². The van der Waals surface area contributed by atoms with Crippen LogP contribution in [0.1, 0.15) is 52.1 Å². The van der Waals surface area contributed by atoms with E-state index in [9.17, 15) is 0 Å². The van der Waals surface area contributed by atoms with Crippen molar-refractivity contribution < 1.29 is 0 Å². The molecule has 2 heteroatoms. The lowest BCUT2D eigenvalue weighted by Crippen LogP contribution is -2.29. The summed E-state index contributed by atoms with van der Waals surface area (Å²) in [4.78, 5) is 0. The van der Waals surface area contributed by atoms with Crippen molar-refractivity contribution in [3.05, 3.63) is 34.9 Å². The SMILES string of the molecule is CC(C)CCC(C)NC(C)c1cccc(Cl)c1. The Hall–Kier alpha value is -0.530. The van der Waals surface area contributed by atoms with E-state index >= 15 is 0 Å². The van der Waals surface area contributed by atoms with Crippen LogP contribution < -0.4 is 5.32 Å². The number of benzene rings is 1. The van der Waals surface area contributed by atoms with Gasteiger partial charge in [0.05, 0.1) is 0 Å². The summed E-state index contributed by atoms with van der Waals surface area (Å²) in [5.41, 5.74) is 1.26. The molecule has 0 aliphatic rings. The summed E-state index contributed by atoms with van der Waals surface area (Å²) in [7, 11) is 0. The molecule has 0 aliphatic heterocycles. The topological polar surface area (TPSA) is 12.0 Å². The van der Waals surface area contributed by atoms with Gasteiger partial charge in [-0.3, -0.25) is 0 Å². The van der Waals surface area contributed by atoms with Crippen molar-refractivity contribution in [3.8, 4) is 0 Å². The van der Waals surface area contributed by atoms with E-state index in [0.717, 1.165) is 10.9 Å². The zero-order chi connectivity index (χ0) is 12.8. The van der Waals surface area contributed by atoms with Gasteiger partial charge in [0.2, 0.25) is 0 Å². The number of rotatable bonds is 6. The molecule has 1 aromatic rings. The average molecular weight is 254 g/mol. The van der Waals surface area contributed by atoms with E-state index in [1.54, 1.807) is 0 Å². The highest BCUT2D eigenvalue weighted by molar-refractivity contribution is 6.30. The van der Waals surface area contributed by atoms with Gasteiger partial charge in [0.25, 0.3) is 0 Å². The molecule has 0 aromatic heterocycles. The highest BCUT2D eigenvalue weighted by Gasteiger charge is 2.10. The van der Waals surface area contributed by atoms with Crippen LogP contribution in [0.3, 0.4) is 0 Å². The van der Waals surface area contributed by atoms with Gasteiger partial charge in [-0.1, -0.05) is 37.6 Å². The van der Waals surface area contributed by atoms with Gasteiger partial charge in [-0.25, -0.2) is 0 Å². The lowest BCUT2D eigenvalue weighted by Gasteiger charge is -2.21. The molecule has 0 amide bonds. The lowest BCUT2D eigenvalue weighted by atomic mass is 10.0. The summed E-state index contributed by atoms with van der Waals surface area (Å²) in [5, 5.41) is 4.43. The maximum absolute atomic E-state index is 6.00. The van der Waals surface area contributed by atoms with Crippen molar-refractivity contribution in [2.24, 2.45) is 5.92 Å². The molecule has 2 unspecified atom stereocenters. The molecule has 1 aromatic carbocycles. The first-order valence-corrected chi connectivity index (χ1v) is 6.88. The molecule has 1 N–H and O–H groups in total. The molecule has 0 aliphatic carbocycles. The molecule has 1 rings (SSSR count). The Bertz CT molecular complexity index is 335.